The first-order valence-electron chi connectivity index (χ1n) is 11.8. The van der Waals surface area contributed by atoms with Crippen LogP contribution in [0.1, 0.15) is 37.8 Å². The molecule has 0 saturated carbocycles. The average Bonchev–Trinajstić information content (AvgIpc) is 3.54. The highest BCUT2D eigenvalue weighted by Gasteiger charge is 2.42. The van der Waals surface area contributed by atoms with Crippen LogP contribution >= 0.6 is 11.8 Å². The molecule has 10 heteroatoms. The normalized spacial score (nSPS) is 20.9. The standard InChI is InChI=1S/C26H31N3O6S/c1-5-11-35-25(31)22-16(2)28-26-29(23(22)19-9-6-10-20(32-3)24(19)33-4)17(15-36-26)13-21(30)27-14-18-8-7-12-34-18/h5-6,9-10,15,18,23H,1,7-8,11-14H2,2-4H3,(H,27,30)/t18-,23-/m0/s1. The molecule has 3 aliphatic rings. The van der Waals surface area contributed by atoms with E-state index in [4.69, 9.17) is 18.9 Å². The van der Waals surface area contributed by atoms with E-state index in [0.29, 0.717) is 40.0 Å². The van der Waals surface area contributed by atoms with Gasteiger partial charge in [0, 0.05) is 24.4 Å². The van der Waals surface area contributed by atoms with Crippen LogP contribution in [0.25, 0.3) is 0 Å². The maximum Gasteiger partial charge on any atom is 0.338 e. The molecule has 0 aliphatic carbocycles. The summed E-state index contributed by atoms with van der Waals surface area (Å²) in [6.45, 7) is 6.69. The molecule has 0 bridgehead atoms. The summed E-state index contributed by atoms with van der Waals surface area (Å²) in [5, 5.41) is 5.54. The van der Waals surface area contributed by atoms with Crippen LogP contribution in [0, 0.1) is 0 Å². The number of esters is 1. The van der Waals surface area contributed by atoms with Gasteiger partial charge in [-0.3, -0.25) is 4.79 Å². The number of ether oxygens (including phenoxy) is 4. The third-order valence-electron chi connectivity index (χ3n) is 6.17. The second kappa shape index (κ2) is 11.7. The van der Waals surface area contributed by atoms with Gasteiger partial charge in [0.25, 0.3) is 0 Å². The minimum atomic E-state index is -0.632. The molecule has 192 valence electrons. The number of hydrogen-bond acceptors (Lipinski definition) is 9. The lowest BCUT2D eigenvalue weighted by Gasteiger charge is -2.37. The van der Waals surface area contributed by atoms with Gasteiger partial charge in [0.05, 0.1) is 44.1 Å². The van der Waals surface area contributed by atoms with E-state index in [9.17, 15) is 9.59 Å². The lowest BCUT2D eigenvalue weighted by Crippen LogP contribution is -2.39. The molecule has 2 atom stereocenters. The predicted octanol–water partition coefficient (Wildman–Crippen LogP) is 3.69. The Bertz CT molecular complexity index is 1120. The van der Waals surface area contributed by atoms with Crippen LogP contribution in [0.4, 0.5) is 0 Å². The number of nitrogens with zero attached hydrogens (tertiary/aromatic N) is 2. The van der Waals surface area contributed by atoms with Crippen LogP contribution in [0.15, 0.2) is 58.2 Å². The molecule has 9 nitrogen and oxygen atoms in total. The summed E-state index contributed by atoms with van der Waals surface area (Å²) < 4.78 is 22.3. The second-order valence-corrected chi connectivity index (χ2v) is 9.32. The number of aliphatic imine (C=N–C) groups is 1. The third kappa shape index (κ3) is 5.29. The highest BCUT2D eigenvalue weighted by Crippen LogP contribution is 2.48. The quantitative estimate of drug-likeness (QED) is 0.374. The van der Waals surface area contributed by atoms with E-state index < -0.39 is 12.0 Å². The Morgan fingerprint density at radius 2 is 2.17 bits per heavy atom. The van der Waals surface area contributed by atoms with Gasteiger partial charge in [0.2, 0.25) is 5.91 Å². The number of allylic oxidation sites excluding steroid dienone is 1. The van der Waals surface area contributed by atoms with Crippen molar-refractivity contribution >= 4 is 28.8 Å². The van der Waals surface area contributed by atoms with E-state index in [1.54, 1.807) is 27.2 Å². The number of carbonyl (C=O) groups excluding carboxylic acids is 2. The number of amidine groups is 1. The summed E-state index contributed by atoms with van der Waals surface area (Å²) in [5.74, 6) is 0.385. The molecule has 1 amide bonds. The van der Waals surface area contributed by atoms with Crippen molar-refractivity contribution in [1.29, 1.82) is 0 Å². The summed E-state index contributed by atoms with van der Waals surface area (Å²) in [7, 11) is 3.12. The molecule has 3 aliphatic heterocycles. The van der Waals surface area contributed by atoms with E-state index in [1.165, 1.54) is 17.8 Å². The Balaban J connectivity index is 1.69. The van der Waals surface area contributed by atoms with Crippen molar-refractivity contribution in [2.24, 2.45) is 4.99 Å². The third-order valence-corrected chi connectivity index (χ3v) is 7.06. The van der Waals surface area contributed by atoms with Gasteiger partial charge in [-0.25, -0.2) is 9.79 Å². The predicted molar refractivity (Wildman–Crippen MR) is 138 cm³/mol. The maximum absolute atomic E-state index is 13.3. The van der Waals surface area contributed by atoms with Crippen molar-refractivity contribution in [2.45, 2.75) is 38.3 Å². The zero-order chi connectivity index (χ0) is 25.7. The van der Waals surface area contributed by atoms with Crippen molar-refractivity contribution in [2.75, 3.05) is 34.0 Å². The van der Waals surface area contributed by atoms with Gasteiger partial charge in [0.15, 0.2) is 16.7 Å². The Morgan fingerprint density at radius 1 is 1.33 bits per heavy atom. The molecule has 1 N–H and O–H groups in total. The van der Waals surface area contributed by atoms with Gasteiger partial charge in [-0.2, -0.15) is 0 Å². The lowest BCUT2D eigenvalue weighted by molar-refractivity contribution is -0.138. The summed E-state index contributed by atoms with van der Waals surface area (Å²) in [4.78, 5) is 32.7. The van der Waals surface area contributed by atoms with E-state index >= 15 is 0 Å². The Labute approximate surface area is 215 Å². The largest absolute Gasteiger partial charge is 0.493 e. The highest BCUT2D eigenvalue weighted by molar-refractivity contribution is 8.16. The van der Waals surface area contributed by atoms with E-state index in [1.807, 2.05) is 22.4 Å². The number of amides is 1. The fourth-order valence-electron chi connectivity index (χ4n) is 4.52. The number of fused-ring (bicyclic) bond motifs is 1. The van der Waals surface area contributed by atoms with E-state index in [-0.39, 0.29) is 25.0 Å². The number of thioether (sulfide) groups is 1. The molecule has 0 spiro atoms. The number of para-hydroxylation sites is 1. The summed E-state index contributed by atoms with van der Waals surface area (Å²) in [5.41, 5.74) is 2.32. The van der Waals surface area contributed by atoms with Crippen LogP contribution < -0.4 is 14.8 Å². The number of carbonyl (C=O) groups is 2. The summed E-state index contributed by atoms with van der Waals surface area (Å²) in [6, 6.07) is 4.87. The second-order valence-electron chi connectivity index (χ2n) is 8.48. The monoisotopic (exact) mass is 513 g/mol. The first kappa shape index (κ1) is 25.8. The van der Waals surface area contributed by atoms with Crippen LogP contribution in [-0.4, -0.2) is 62.0 Å². The fourth-order valence-corrected chi connectivity index (χ4v) is 5.49. The molecule has 36 heavy (non-hydrogen) atoms. The summed E-state index contributed by atoms with van der Waals surface area (Å²) in [6.07, 6.45) is 3.65. The van der Waals surface area contributed by atoms with Gasteiger partial charge >= 0.3 is 5.97 Å². The SMILES string of the molecule is C=CCOC(=O)C1=C(C)N=C2SC=C(CC(=O)NC[C@@H]3CCCO3)N2[C@H]1c1cccc(OC)c1OC. The maximum atomic E-state index is 13.3. The fraction of sp³-hybridized carbons (Fsp3) is 0.423. The van der Waals surface area contributed by atoms with Crippen LogP contribution in [0.3, 0.4) is 0 Å². The summed E-state index contributed by atoms with van der Waals surface area (Å²) >= 11 is 1.41. The molecule has 0 unspecified atom stereocenters. The molecule has 1 fully saturated rings. The molecule has 0 radical (unpaired) electrons. The number of rotatable bonds is 10. The zero-order valence-electron chi connectivity index (χ0n) is 20.7. The van der Waals surface area contributed by atoms with E-state index in [0.717, 1.165) is 25.1 Å². The van der Waals surface area contributed by atoms with Crippen molar-refractivity contribution in [3.8, 4) is 11.5 Å². The molecule has 1 aromatic rings. The average molecular weight is 514 g/mol. The Morgan fingerprint density at radius 3 is 2.86 bits per heavy atom. The van der Waals surface area contributed by atoms with Gasteiger partial charge < -0.3 is 29.2 Å². The Kier molecular flexibility index (Phi) is 8.37. The van der Waals surface area contributed by atoms with Gasteiger partial charge in [-0.15, -0.1) is 0 Å². The van der Waals surface area contributed by atoms with Crippen molar-refractivity contribution < 1.29 is 28.5 Å². The highest BCUT2D eigenvalue weighted by atomic mass is 32.2. The number of hydrogen-bond donors (Lipinski definition) is 1. The van der Waals surface area contributed by atoms with Crippen LogP contribution in [0.2, 0.25) is 0 Å². The van der Waals surface area contributed by atoms with Crippen LogP contribution in [0.5, 0.6) is 11.5 Å². The van der Waals surface area contributed by atoms with Crippen molar-refractivity contribution in [3.05, 3.63) is 58.8 Å². The van der Waals surface area contributed by atoms with Gasteiger partial charge in [-0.1, -0.05) is 36.5 Å². The molecule has 4 rings (SSSR count). The first-order valence-corrected chi connectivity index (χ1v) is 12.7. The lowest BCUT2D eigenvalue weighted by atomic mass is 9.92. The smallest absolute Gasteiger partial charge is 0.338 e. The topological polar surface area (TPSA) is 98.7 Å². The zero-order valence-corrected chi connectivity index (χ0v) is 21.6. The minimum Gasteiger partial charge on any atom is -0.493 e. The first-order chi connectivity index (χ1) is 17.5. The molecule has 0 aromatic heterocycles. The van der Waals surface area contributed by atoms with Crippen molar-refractivity contribution in [1.82, 2.24) is 10.2 Å². The molecule has 3 heterocycles. The Hall–Kier alpha value is -3.24. The number of benzene rings is 1. The van der Waals surface area contributed by atoms with Gasteiger partial charge in [0.1, 0.15) is 6.61 Å². The molecule has 1 aromatic carbocycles. The van der Waals surface area contributed by atoms with Crippen LogP contribution in [-0.2, 0) is 19.1 Å². The van der Waals surface area contributed by atoms with Crippen molar-refractivity contribution in [3.63, 3.8) is 0 Å². The molecular weight excluding hydrogens is 482 g/mol. The molecule has 1 saturated heterocycles. The number of nitrogens with one attached hydrogen (secondary N) is 1. The molecular formula is C26H31N3O6S. The van der Waals surface area contributed by atoms with E-state index in [2.05, 4.69) is 16.9 Å². The number of methoxy groups -OCH3 is 2. The minimum absolute atomic E-state index is 0.0543. The van der Waals surface area contributed by atoms with Gasteiger partial charge in [-0.05, 0) is 31.2 Å².